The molecule has 0 amide bonds. The Labute approximate surface area is 208 Å². The largest absolute Gasteiger partial charge is 0.473 e. The van der Waals surface area contributed by atoms with Crippen LogP contribution in [0.2, 0.25) is 0 Å². The molecule has 1 aliphatic heterocycles. The molecule has 2 heterocycles. The molecule has 6 nitrogen and oxygen atoms in total. The van der Waals surface area contributed by atoms with Crippen molar-refractivity contribution in [3.05, 3.63) is 93.0 Å². The molecule has 10 heteroatoms. The van der Waals surface area contributed by atoms with Gasteiger partial charge in [0.05, 0.1) is 21.8 Å². The van der Waals surface area contributed by atoms with Gasteiger partial charge >= 0.3 is 0 Å². The Morgan fingerprint density at radius 3 is 2.71 bits per heavy atom. The van der Waals surface area contributed by atoms with Gasteiger partial charge in [0.1, 0.15) is 0 Å². The molecule has 2 N–H and O–H groups in total. The molecule has 0 radical (unpaired) electrons. The molecule has 2 aromatic carbocycles. The van der Waals surface area contributed by atoms with Crippen molar-refractivity contribution in [2.24, 2.45) is 11.3 Å². The maximum atomic E-state index is 14.9. The van der Waals surface area contributed by atoms with E-state index in [0.717, 1.165) is 29.4 Å². The Kier molecular flexibility index (Phi) is 6.72. The first-order valence-electron chi connectivity index (χ1n) is 11.2. The molecule has 2 aliphatic rings. The maximum absolute atomic E-state index is 14.9. The van der Waals surface area contributed by atoms with Crippen LogP contribution < -0.4 is 15.8 Å². The summed E-state index contributed by atoms with van der Waals surface area (Å²) in [5.74, 6) is 4.80. The van der Waals surface area contributed by atoms with E-state index in [9.17, 15) is 13.6 Å². The van der Waals surface area contributed by atoms with E-state index >= 15 is 0 Å². The van der Waals surface area contributed by atoms with Gasteiger partial charge in [-0.1, -0.05) is 31.2 Å². The lowest BCUT2D eigenvalue weighted by atomic mass is 9.86. The predicted molar refractivity (Wildman–Crippen MR) is 132 cm³/mol. The van der Waals surface area contributed by atoms with Gasteiger partial charge in [-0.2, -0.15) is 11.0 Å². The number of hydrogen-bond acceptors (Lipinski definition) is 7. The van der Waals surface area contributed by atoms with Crippen molar-refractivity contribution >= 4 is 21.2 Å². The Morgan fingerprint density at radius 2 is 2.00 bits per heavy atom. The van der Waals surface area contributed by atoms with Crippen molar-refractivity contribution in [2.75, 3.05) is 6.54 Å². The third kappa shape index (κ3) is 4.30. The fourth-order valence-electron chi connectivity index (χ4n) is 4.98. The average Bonchev–Trinajstić information content (AvgIpc) is 3.67. The summed E-state index contributed by atoms with van der Waals surface area (Å²) in [6.07, 6.45) is 3.05. The van der Waals surface area contributed by atoms with E-state index < -0.39 is 17.7 Å². The summed E-state index contributed by atoms with van der Waals surface area (Å²) in [5, 5.41) is 1.63. The summed E-state index contributed by atoms with van der Waals surface area (Å²) in [7, 11) is 2.10. The second kappa shape index (κ2) is 9.64. The van der Waals surface area contributed by atoms with Gasteiger partial charge in [-0.3, -0.25) is 4.79 Å². The number of nitrogens with zero attached hydrogens (tertiary/aromatic N) is 1. The number of rotatable bonds is 7. The van der Waals surface area contributed by atoms with Gasteiger partial charge in [0.25, 0.3) is 0 Å². The zero-order chi connectivity index (χ0) is 24.7. The molecule has 1 aliphatic carbocycles. The highest BCUT2D eigenvalue weighted by Crippen LogP contribution is 2.58. The summed E-state index contributed by atoms with van der Waals surface area (Å²) >= 11 is 1.45. The lowest BCUT2D eigenvalue weighted by molar-refractivity contribution is -0.195. The van der Waals surface area contributed by atoms with Crippen LogP contribution in [0.4, 0.5) is 8.78 Å². The van der Waals surface area contributed by atoms with Gasteiger partial charge in [-0.25, -0.2) is 13.7 Å². The minimum atomic E-state index is -0.884. The normalized spacial score (nSPS) is 19.0. The summed E-state index contributed by atoms with van der Waals surface area (Å²) in [5.41, 5.74) is 1.22. The fraction of sp³-hybridized carbons (Fsp3) is 0.320. The van der Waals surface area contributed by atoms with Crippen molar-refractivity contribution in [3.8, 4) is 5.75 Å². The van der Waals surface area contributed by atoms with Crippen LogP contribution in [0, 0.1) is 17.0 Å². The van der Waals surface area contributed by atoms with Crippen LogP contribution in [0.25, 0.3) is 0 Å². The maximum Gasteiger partial charge on any atom is 0.227 e. The minimum Gasteiger partial charge on any atom is -0.473 e. The Bertz CT molecular complexity index is 1320. The molecular weight excluding hydrogens is 493 g/mol. The van der Waals surface area contributed by atoms with Gasteiger partial charge in [0.2, 0.25) is 11.2 Å². The first kappa shape index (κ1) is 24.4. The van der Waals surface area contributed by atoms with Crippen molar-refractivity contribution < 1.29 is 22.7 Å². The van der Waals surface area contributed by atoms with Crippen molar-refractivity contribution in [3.63, 3.8) is 0 Å². The number of hydroxylamine groups is 2. The smallest absolute Gasteiger partial charge is 0.227 e. The summed E-state index contributed by atoms with van der Waals surface area (Å²) < 4.78 is 40.0. The van der Waals surface area contributed by atoms with Crippen LogP contribution in [0.1, 0.15) is 54.2 Å². The topological polar surface area (TPSA) is 77.9 Å². The van der Waals surface area contributed by atoms with Gasteiger partial charge < -0.3 is 8.94 Å². The third-order valence-electron chi connectivity index (χ3n) is 7.19. The molecule has 0 bridgehead atoms. The quantitative estimate of drug-likeness (QED) is 0.328. The first-order valence-corrected chi connectivity index (χ1v) is 12.7. The lowest BCUT2D eigenvalue weighted by Gasteiger charge is -2.35. The van der Waals surface area contributed by atoms with E-state index in [0.29, 0.717) is 23.4 Å². The van der Waals surface area contributed by atoms with Gasteiger partial charge in [0.15, 0.2) is 17.4 Å². The standard InChI is InChI=1S/C25H25F2N2O4PS/c1-14(23-24(32-34)19(30)8-11-31-23)25(9-10-25)13-29(33-28)22-15-6-7-18(26)21(27)17(15)12-35-20-5-3-2-4-16(20)22/h2-8,11,14,22H,9-10,12-13,28,34H2,1H3/t14?,22-/m1/s1. The van der Waals surface area contributed by atoms with Crippen molar-refractivity contribution in [2.45, 2.75) is 42.4 Å². The molecule has 184 valence electrons. The van der Waals surface area contributed by atoms with Gasteiger partial charge in [0, 0.05) is 34.7 Å². The van der Waals surface area contributed by atoms with Crippen LogP contribution in [-0.2, 0) is 10.7 Å². The summed E-state index contributed by atoms with van der Waals surface area (Å²) in [4.78, 5) is 18.7. The summed E-state index contributed by atoms with van der Waals surface area (Å²) in [6.45, 7) is 2.36. The Balaban J connectivity index is 1.56. The zero-order valence-corrected chi connectivity index (χ0v) is 21.0. The van der Waals surface area contributed by atoms with Crippen LogP contribution in [0.3, 0.4) is 0 Å². The predicted octanol–water partition coefficient (Wildman–Crippen LogP) is 5.47. The molecule has 0 spiro atoms. The van der Waals surface area contributed by atoms with Gasteiger partial charge in [-0.15, -0.1) is 11.8 Å². The molecule has 1 fully saturated rings. The van der Waals surface area contributed by atoms with Crippen LogP contribution in [-0.4, -0.2) is 11.6 Å². The fourth-order valence-corrected chi connectivity index (χ4v) is 6.32. The van der Waals surface area contributed by atoms with Crippen LogP contribution in [0.5, 0.6) is 5.75 Å². The zero-order valence-electron chi connectivity index (χ0n) is 19.0. The van der Waals surface area contributed by atoms with Crippen LogP contribution >= 0.6 is 21.2 Å². The number of halogens is 2. The molecule has 2 unspecified atom stereocenters. The molecular formula is C25H25F2N2O4PS. The SMILES string of the molecule is CC(c1occc(=O)c1OP)C1(CN(ON)[C@H]2c3ccccc3SCc3c2ccc(F)c3F)CC1. The molecule has 0 saturated heterocycles. The van der Waals surface area contributed by atoms with Crippen molar-refractivity contribution in [1.29, 1.82) is 0 Å². The molecule has 35 heavy (non-hydrogen) atoms. The highest BCUT2D eigenvalue weighted by atomic mass is 32.2. The minimum absolute atomic E-state index is 0.149. The average molecular weight is 519 g/mol. The molecule has 1 saturated carbocycles. The monoisotopic (exact) mass is 518 g/mol. The Hall–Kier alpha value is -2.29. The number of nitrogens with two attached hydrogens (primary N) is 1. The number of fused-ring (bicyclic) bond motifs is 2. The van der Waals surface area contributed by atoms with Crippen LogP contribution in [0.15, 0.2) is 62.8 Å². The molecule has 1 aromatic heterocycles. The van der Waals surface area contributed by atoms with E-state index in [1.165, 1.54) is 24.1 Å². The van der Waals surface area contributed by atoms with E-state index in [4.69, 9.17) is 19.8 Å². The highest BCUT2D eigenvalue weighted by molar-refractivity contribution is 7.98. The molecule has 5 rings (SSSR count). The number of thioether (sulfide) groups is 1. The van der Waals surface area contributed by atoms with E-state index in [1.54, 1.807) is 11.1 Å². The summed E-state index contributed by atoms with van der Waals surface area (Å²) in [6, 6.07) is 11.2. The lowest BCUT2D eigenvalue weighted by Crippen LogP contribution is -2.39. The van der Waals surface area contributed by atoms with Crippen molar-refractivity contribution in [1.82, 2.24) is 5.06 Å². The second-order valence-corrected chi connectivity index (χ2v) is 10.3. The third-order valence-corrected chi connectivity index (χ3v) is 8.54. The number of benzene rings is 2. The van der Waals surface area contributed by atoms with E-state index in [2.05, 4.69) is 9.47 Å². The van der Waals surface area contributed by atoms with Gasteiger partial charge in [-0.05, 0) is 41.5 Å². The molecule has 3 aromatic rings. The van der Waals surface area contributed by atoms with E-state index in [-0.39, 0.29) is 28.3 Å². The number of hydrogen-bond donors (Lipinski definition) is 1. The first-order chi connectivity index (χ1) is 16.9. The molecule has 3 atom stereocenters. The highest BCUT2D eigenvalue weighted by Gasteiger charge is 2.52. The Morgan fingerprint density at radius 1 is 1.23 bits per heavy atom. The second-order valence-electron chi connectivity index (χ2n) is 9.02. The van der Waals surface area contributed by atoms with E-state index in [1.807, 2.05) is 31.2 Å².